The van der Waals surface area contributed by atoms with Crippen LogP contribution >= 0.6 is 0 Å². The van der Waals surface area contributed by atoms with Crippen molar-refractivity contribution in [1.29, 1.82) is 0 Å². The lowest BCUT2D eigenvalue weighted by Gasteiger charge is -2.37. The summed E-state index contributed by atoms with van der Waals surface area (Å²) >= 11 is 0. The van der Waals surface area contributed by atoms with Gasteiger partial charge in [-0.3, -0.25) is 4.90 Å². The summed E-state index contributed by atoms with van der Waals surface area (Å²) in [7, 11) is 1.71. The van der Waals surface area contributed by atoms with Crippen LogP contribution in [-0.2, 0) is 9.47 Å². The number of ether oxygens (including phenoxy) is 2. The van der Waals surface area contributed by atoms with Crippen molar-refractivity contribution >= 4 is 0 Å². The molecule has 120 valence electrons. The summed E-state index contributed by atoms with van der Waals surface area (Å²) in [5, 5.41) is 3.65. The zero-order valence-corrected chi connectivity index (χ0v) is 13.9. The van der Waals surface area contributed by atoms with Crippen molar-refractivity contribution in [2.75, 3.05) is 46.6 Å². The largest absolute Gasteiger partial charge is 0.382 e. The molecule has 1 aliphatic rings. The molecule has 1 N–H and O–H groups in total. The minimum absolute atomic E-state index is 0.215. The molecule has 0 radical (unpaired) electrons. The fourth-order valence-corrected chi connectivity index (χ4v) is 2.62. The molecule has 1 fully saturated rings. The van der Waals surface area contributed by atoms with Gasteiger partial charge in [0.1, 0.15) is 0 Å². The highest BCUT2D eigenvalue weighted by Gasteiger charge is 2.23. The number of piperidine rings is 1. The molecular weight excluding hydrogens is 252 g/mol. The molecule has 0 aromatic rings. The van der Waals surface area contributed by atoms with Gasteiger partial charge in [-0.2, -0.15) is 0 Å². The topological polar surface area (TPSA) is 33.7 Å². The van der Waals surface area contributed by atoms with E-state index < -0.39 is 0 Å². The molecule has 1 unspecified atom stereocenters. The van der Waals surface area contributed by atoms with Crippen LogP contribution in [0.3, 0.4) is 0 Å². The average molecular weight is 286 g/mol. The Morgan fingerprint density at radius 3 is 2.65 bits per heavy atom. The van der Waals surface area contributed by atoms with Gasteiger partial charge in [0.15, 0.2) is 0 Å². The Bertz CT molecular complexity index is 241. The number of nitrogens with zero attached hydrogens (tertiary/aromatic N) is 1. The van der Waals surface area contributed by atoms with Crippen molar-refractivity contribution in [2.45, 2.75) is 58.0 Å². The molecule has 0 amide bonds. The van der Waals surface area contributed by atoms with Crippen LogP contribution in [0.2, 0.25) is 0 Å². The zero-order chi connectivity index (χ0) is 14.8. The number of hydrogen-bond acceptors (Lipinski definition) is 4. The van der Waals surface area contributed by atoms with E-state index in [2.05, 4.69) is 31.0 Å². The number of methoxy groups -OCH3 is 1. The number of nitrogens with one attached hydrogen (secondary N) is 1. The highest BCUT2D eigenvalue weighted by Crippen LogP contribution is 2.17. The van der Waals surface area contributed by atoms with Gasteiger partial charge in [-0.1, -0.05) is 6.42 Å². The molecule has 0 aliphatic carbocycles. The Morgan fingerprint density at radius 2 is 1.95 bits per heavy atom. The predicted molar refractivity (Wildman–Crippen MR) is 84.3 cm³/mol. The Balaban J connectivity index is 2.19. The summed E-state index contributed by atoms with van der Waals surface area (Å²) in [6.07, 6.45) is 5.16. The van der Waals surface area contributed by atoms with E-state index >= 15 is 0 Å². The van der Waals surface area contributed by atoms with Crippen LogP contribution in [-0.4, -0.2) is 63.0 Å². The predicted octanol–water partition coefficient (Wildman–Crippen LogP) is 2.28. The van der Waals surface area contributed by atoms with Crippen LogP contribution in [0.25, 0.3) is 0 Å². The lowest BCUT2D eigenvalue weighted by Crippen LogP contribution is -2.49. The van der Waals surface area contributed by atoms with Crippen LogP contribution < -0.4 is 5.32 Å². The molecular formula is C16H34N2O2. The van der Waals surface area contributed by atoms with Gasteiger partial charge in [-0.25, -0.2) is 0 Å². The van der Waals surface area contributed by atoms with E-state index in [1.807, 2.05) is 0 Å². The van der Waals surface area contributed by atoms with E-state index in [4.69, 9.17) is 9.47 Å². The van der Waals surface area contributed by atoms with E-state index in [-0.39, 0.29) is 5.54 Å². The van der Waals surface area contributed by atoms with Crippen molar-refractivity contribution in [3.8, 4) is 0 Å². The standard InChI is InChI=1S/C16H34N2O2/c1-16(2,3)17-14-15-8-5-6-9-18(15)10-7-11-20-13-12-19-4/h15,17H,5-14H2,1-4H3. The zero-order valence-electron chi connectivity index (χ0n) is 13.9. The monoisotopic (exact) mass is 286 g/mol. The third-order valence-corrected chi connectivity index (χ3v) is 3.78. The summed E-state index contributed by atoms with van der Waals surface area (Å²) in [6.45, 7) is 12.5. The van der Waals surface area contributed by atoms with Gasteiger partial charge in [-0.05, 0) is 46.6 Å². The van der Waals surface area contributed by atoms with Crippen molar-refractivity contribution < 1.29 is 9.47 Å². The maximum absolute atomic E-state index is 5.55. The fraction of sp³-hybridized carbons (Fsp3) is 1.00. The van der Waals surface area contributed by atoms with E-state index in [0.717, 1.165) is 26.1 Å². The highest BCUT2D eigenvalue weighted by molar-refractivity contribution is 4.82. The molecule has 20 heavy (non-hydrogen) atoms. The fourth-order valence-electron chi connectivity index (χ4n) is 2.62. The first-order valence-electron chi connectivity index (χ1n) is 8.08. The normalized spacial score (nSPS) is 21.3. The van der Waals surface area contributed by atoms with Crippen LogP contribution in [0, 0.1) is 0 Å². The molecule has 0 spiro atoms. The molecule has 1 saturated heterocycles. The third kappa shape index (κ3) is 8.20. The van der Waals surface area contributed by atoms with E-state index in [1.165, 1.54) is 25.8 Å². The van der Waals surface area contributed by atoms with Gasteiger partial charge in [0.2, 0.25) is 0 Å². The van der Waals surface area contributed by atoms with Gasteiger partial charge < -0.3 is 14.8 Å². The molecule has 1 aliphatic heterocycles. The van der Waals surface area contributed by atoms with Gasteiger partial charge >= 0.3 is 0 Å². The van der Waals surface area contributed by atoms with Crippen molar-refractivity contribution in [3.05, 3.63) is 0 Å². The molecule has 0 aromatic heterocycles. The number of hydrogen-bond donors (Lipinski definition) is 1. The molecule has 4 nitrogen and oxygen atoms in total. The Hall–Kier alpha value is -0.160. The highest BCUT2D eigenvalue weighted by atomic mass is 16.5. The second kappa shape index (κ2) is 9.72. The SMILES string of the molecule is COCCOCCCN1CCCCC1CNC(C)(C)C. The first-order chi connectivity index (χ1) is 9.53. The molecule has 0 aromatic carbocycles. The minimum atomic E-state index is 0.215. The van der Waals surface area contributed by atoms with Gasteiger partial charge in [-0.15, -0.1) is 0 Å². The first-order valence-corrected chi connectivity index (χ1v) is 8.08. The maximum Gasteiger partial charge on any atom is 0.0700 e. The van der Waals surface area contributed by atoms with Crippen LogP contribution in [0.15, 0.2) is 0 Å². The summed E-state index contributed by atoms with van der Waals surface area (Å²) in [4.78, 5) is 2.64. The summed E-state index contributed by atoms with van der Waals surface area (Å²) in [5.74, 6) is 0. The third-order valence-electron chi connectivity index (χ3n) is 3.78. The summed E-state index contributed by atoms with van der Waals surface area (Å²) in [5.41, 5.74) is 0.215. The lowest BCUT2D eigenvalue weighted by molar-refractivity contribution is 0.0589. The average Bonchev–Trinajstić information content (AvgIpc) is 2.40. The second-order valence-electron chi connectivity index (χ2n) is 6.78. The Labute approximate surface area is 125 Å². The molecule has 4 heteroatoms. The second-order valence-corrected chi connectivity index (χ2v) is 6.78. The van der Waals surface area contributed by atoms with Crippen LogP contribution in [0.5, 0.6) is 0 Å². The lowest BCUT2D eigenvalue weighted by atomic mass is 10.0. The molecule has 1 heterocycles. The molecule has 1 rings (SSSR count). The van der Waals surface area contributed by atoms with Crippen LogP contribution in [0.4, 0.5) is 0 Å². The van der Waals surface area contributed by atoms with E-state index in [9.17, 15) is 0 Å². The van der Waals surface area contributed by atoms with Crippen molar-refractivity contribution in [3.63, 3.8) is 0 Å². The first kappa shape index (κ1) is 17.9. The van der Waals surface area contributed by atoms with E-state index in [1.54, 1.807) is 7.11 Å². The van der Waals surface area contributed by atoms with Gasteiger partial charge in [0, 0.05) is 38.4 Å². The summed E-state index contributed by atoms with van der Waals surface area (Å²) < 4.78 is 10.5. The smallest absolute Gasteiger partial charge is 0.0700 e. The van der Waals surface area contributed by atoms with E-state index in [0.29, 0.717) is 19.3 Å². The van der Waals surface area contributed by atoms with Crippen molar-refractivity contribution in [1.82, 2.24) is 10.2 Å². The van der Waals surface area contributed by atoms with Gasteiger partial charge in [0.05, 0.1) is 13.2 Å². The maximum atomic E-state index is 5.55. The molecule has 1 atom stereocenters. The molecule has 0 saturated carbocycles. The van der Waals surface area contributed by atoms with Crippen molar-refractivity contribution in [2.24, 2.45) is 0 Å². The van der Waals surface area contributed by atoms with Crippen LogP contribution in [0.1, 0.15) is 46.5 Å². The Kier molecular flexibility index (Phi) is 8.69. The number of rotatable bonds is 9. The summed E-state index contributed by atoms with van der Waals surface area (Å²) in [6, 6.07) is 0.696. The minimum Gasteiger partial charge on any atom is -0.382 e. The Morgan fingerprint density at radius 1 is 1.15 bits per heavy atom. The van der Waals surface area contributed by atoms with Gasteiger partial charge in [0.25, 0.3) is 0 Å². The molecule has 0 bridgehead atoms. The quantitative estimate of drug-likeness (QED) is 0.659. The number of likely N-dealkylation sites (tertiary alicyclic amines) is 1.